The number of aliphatic hydroxyl groups excluding tert-OH is 1. The number of methoxy groups -OCH3 is 2. The Morgan fingerprint density at radius 2 is 2.08 bits per heavy atom. The van der Waals surface area contributed by atoms with Gasteiger partial charge in [-0.05, 0) is 23.8 Å². The van der Waals surface area contributed by atoms with Gasteiger partial charge in [-0.2, -0.15) is 0 Å². The highest BCUT2D eigenvalue weighted by Gasteiger charge is 2.20. The molecule has 1 aromatic carbocycles. The van der Waals surface area contributed by atoms with Crippen LogP contribution in [0.4, 0.5) is 0 Å². The molecule has 130 valence electrons. The molecule has 1 aliphatic heterocycles. The Morgan fingerprint density at radius 1 is 1.33 bits per heavy atom. The standard InChI is InChI=1S/C16H19NO7/c1-21-12-7-10(8-13-15(12)24-6-5-23-13)3-4-14(19)17-11(9-18)16(20)22-2/h3-4,7-8,11,18H,5-6,9H2,1-2H3,(H,17,19)/b4-3+/t11-/m1/s1. The smallest absolute Gasteiger partial charge is 0.330 e. The number of rotatable bonds is 6. The second-order valence-corrected chi connectivity index (χ2v) is 4.85. The number of amides is 1. The van der Waals surface area contributed by atoms with E-state index in [1.165, 1.54) is 26.4 Å². The minimum atomic E-state index is -1.11. The average Bonchev–Trinajstić information content (AvgIpc) is 2.62. The predicted octanol–water partition coefficient (Wildman–Crippen LogP) is 0.130. The van der Waals surface area contributed by atoms with Crippen LogP contribution in [0.2, 0.25) is 0 Å². The molecule has 0 saturated carbocycles. The van der Waals surface area contributed by atoms with Crippen molar-refractivity contribution < 1.29 is 33.6 Å². The van der Waals surface area contributed by atoms with Crippen LogP contribution in [0.1, 0.15) is 5.56 Å². The molecule has 1 aliphatic rings. The Bertz CT molecular complexity index is 624. The van der Waals surface area contributed by atoms with Gasteiger partial charge in [-0.15, -0.1) is 0 Å². The zero-order chi connectivity index (χ0) is 17.5. The fraction of sp³-hybridized carbons (Fsp3) is 0.375. The molecule has 8 heteroatoms. The van der Waals surface area contributed by atoms with Crippen LogP contribution in [0, 0.1) is 0 Å². The summed E-state index contributed by atoms with van der Waals surface area (Å²) in [5, 5.41) is 11.4. The number of fused-ring (bicyclic) bond motifs is 1. The van der Waals surface area contributed by atoms with E-state index in [0.717, 1.165) is 0 Å². The zero-order valence-corrected chi connectivity index (χ0v) is 13.4. The van der Waals surface area contributed by atoms with E-state index in [-0.39, 0.29) is 0 Å². The van der Waals surface area contributed by atoms with Gasteiger partial charge in [-0.3, -0.25) is 4.79 Å². The van der Waals surface area contributed by atoms with Crippen molar-refractivity contribution in [1.29, 1.82) is 0 Å². The number of benzene rings is 1. The molecule has 1 aromatic rings. The van der Waals surface area contributed by atoms with Gasteiger partial charge < -0.3 is 29.4 Å². The average molecular weight is 337 g/mol. The van der Waals surface area contributed by atoms with Crippen LogP contribution in [0.15, 0.2) is 18.2 Å². The Labute approximate surface area is 139 Å². The van der Waals surface area contributed by atoms with E-state index in [4.69, 9.17) is 19.3 Å². The van der Waals surface area contributed by atoms with Crippen molar-refractivity contribution in [2.24, 2.45) is 0 Å². The molecule has 2 N–H and O–H groups in total. The lowest BCUT2D eigenvalue weighted by molar-refractivity contribution is -0.145. The summed E-state index contributed by atoms with van der Waals surface area (Å²) in [5.41, 5.74) is 0.657. The highest BCUT2D eigenvalue weighted by molar-refractivity contribution is 5.94. The minimum absolute atomic E-state index is 0.432. The number of hydrogen-bond acceptors (Lipinski definition) is 7. The molecule has 0 radical (unpaired) electrons. The Balaban J connectivity index is 2.11. The van der Waals surface area contributed by atoms with E-state index in [1.807, 2.05) is 0 Å². The molecule has 1 amide bonds. The van der Waals surface area contributed by atoms with Gasteiger partial charge in [0.1, 0.15) is 13.2 Å². The lowest BCUT2D eigenvalue weighted by Crippen LogP contribution is -2.43. The van der Waals surface area contributed by atoms with Crippen molar-refractivity contribution in [1.82, 2.24) is 5.32 Å². The van der Waals surface area contributed by atoms with Gasteiger partial charge in [0.05, 0.1) is 20.8 Å². The summed E-state index contributed by atoms with van der Waals surface area (Å²) < 4.78 is 20.7. The molecule has 1 atom stereocenters. The molecule has 0 spiro atoms. The van der Waals surface area contributed by atoms with E-state index in [0.29, 0.717) is 36.0 Å². The highest BCUT2D eigenvalue weighted by atomic mass is 16.6. The van der Waals surface area contributed by atoms with Crippen molar-refractivity contribution in [3.05, 3.63) is 23.8 Å². The number of ether oxygens (including phenoxy) is 4. The number of esters is 1. The van der Waals surface area contributed by atoms with Crippen molar-refractivity contribution in [2.45, 2.75) is 6.04 Å². The van der Waals surface area contributed by atoms with Crippen LogP contribution in [0.3, 0.4) is 0 Å². The monoisotopic (exact) mass is 337 g/mol. The normalized spacial score (nSPS) is 14.1. The number of nitrogens with one attached hydrogen (secondary N) is 1. The zero-order valence-electron chi connectivity index (χ0n) is 13.4. The van der Waals surface area contributed by atoms with Crippen LogP contribution >= 0.6 is 0 Å². The minimum Gasteiger partial charge on any atom is -0.493 e. The summed E-state index contributed by atoms with van der Waals surface area (Å²) in [6.07, 6.45) is 2.76. The quantitative estimate of drug-likeness (QED) is 0.562. The van der Waals surface area contributed by atoms with Gasteiger partial charge in [0.25, 0.3) is 0 Å². The van der Waals surface area contributed by atoms with Crippen molar-refractivity contribution in [3.63, 3.8) is 0 Å². The third-order valence-electron chi connectivity index (χ3n) is 3.26. The number of carbonyl (C=O) groups excluding carboxylic acids is 2. The van der Waals surface area contributed by atoms with Crippen LogP contribution in [0.5, 0.6) is 17.2 Å². The summed E-state index contributed by atoms with van der Waals surface area (Å²) in [5.74, 6) is 0.281. The van der Waals surface area contributed by atoms with Gasteiger partial charge in [0.2, 0.25) is 11.7 Å². The summed E-state index contributed by atoms with van der Waals surface area (Å²) >= 11 is 0. The number of carbonyl (C=O) groups is 2. The van der Waals surface area contributed by atoms with E-state index >= 15 is 0 Å². The summed E-state index contributed by atoms with van der Waals surface area (Å²) in [4.78, 5) is 23.2. The van der Waals surface area contributed by atoms with Crippen molar-refractivity contribution in [2.75, 3.05) is 34.0 Å². The number of aliphatic hydroxyl groups is 1. The summed E-state index contributed by atoms with van der Waals surface area (Å²) in [6.45, 7) is 0.322. The maximum absolute atomic E-state index is 11.8. The maximum Gasteiger partial charge on any atom is 0.330 e. The fourth-order valence-electron chi connectivity index (χ4n) is 2.10. The summed E-state index contributed by atoms with van der Waals surface area (Å²) in [6, 6.07) is 2.30. The Kier molecular flexibility index (Phi) is 6.02. The van der Waals surface area contributed by atoms with E-state index in [2.05, 4.69) is 10.1 Å². The lowest BCUT2D eigenvalue weighted by Gasteiger charge is -2.20. The first-order chi connectivity index (χ1) is 11.6. The molecule has 0 aliphatic carbocycles. The lowest BCUT2D eigenvalue weighted by atomic mass is 10.1. The Morgan fingerprint density at radius 3 is 2.75 bits per heavy atom. The molecule has 8 nitrogen and oxygen atoms in total. The van der Waals surface area contributed by atoms with Crippen LogP contribution in [-0.4, -0.2) is 57.1 Å². The van der Waals surface area contributed by atoms with Crippen LogP contribution < -0.4 is 19.5 Å². The van der Waals surface area contributed by atoms with E-state index in [9.17, 15) is 9.59 Å². The van der Waals surface area contributed by atoms with Crippen molar-refractivity contribution in [3.8, 4) is 17.2 Å². The maximum atomic E-state index is 11.8. The first kappa shape index (κ1) is 17.6. The molecular weight excluding hydrogens is 318 g/mol. The largest absolute Gasteiger partial charge is 0.493 e. The highest BCUT2D eigenvalue weighted by Crippen LogP contribution is 2.40. The topological polar surface area (TPSA) is 103 Å². The fourth-order valence-corrected chi connectivity index (χ4v) is 2.10. The van der Waals surface area contributed by atoms with E-state index < -0.39 is 24.5 Å². The molecule has 0 fully saturated rings. The molecular formula is C16H19NO7. The van der Waals surface area contributed by atoms with Gasteiger partial charge in [0.15, 0.2) is 17.5 Å². The second-order valence-electron chi connectivity index (χ2n) is 4.85. The molecule has 1 heterocycles. The van der Waals surface area contributed by atoms with E-state index in [1.54, 1.807) is 12.1 Å². The van der Waals surface area contributed by atoms with Gasteiger partial charge >= 0.3 is 5.97 Å². The molecule has 0 unspecified atom stereocenters. The molecule has 0 bridgehead atoms. The van der Waals surface area contributed by atoms with Crippen LogP contribution in [-0.2, 0) is 14.3 Å². The second kappa shape index (κ2) is 8.21. The van der Waals surface area contributed by atoms with Crippen LogP contribution in [0.25, 0.3) is 6.08 Å². The predicted molar refractivity (Wildman–Crippen MR) is 84.1 cm³/mol. The van der Waals surface area contributed by atoms with Crippen molar-refractivity contribution >= 4 is 18.0 Å². The van der Waals surface area contributed by atoms with Gasteiger partial charge in [0, 0.05) is 6.08 Å². The van der Waals surface area contributed by atoms with Gasteiger partial charge in [-0.25, -0.2) is 4.79 Å². The molecule has 2 rings (SSSR count). The number of hydrogen-bond donors (Lipinski definition) is 2. The SMILES string of the molecule is COC(=O)[C@@H](CO)NC(=O)/C=C/c1cc(OC)c2c(c1)OCCO2. The summed E-state index contributed by atoms with van der Waals surface area (Å²) in [7, 11) is 2.68. The molecule has 24 heavy (non-hydrogen) atoms. The third kappa shape index (κ3) is 4.17. The first-order valence-electron chi connectivity index (χ1n) is 7.24. The first-order valence-corrected chi connectivity index (χ1v) is 7.24. The molecule has 0 aromatic heterocycles. The van der Waals surface area contributed by atoms with Gasteiger partial charge in [-0.1, -0.05) is 0 Å². The molecule has 0 saturated heterocycles. The third-order valence-corrected chi connectivity index (χ3v) is 3.26. The Hall–Kier alpha value is -2.74.